The van der Waals surface area contributed by atoms with E-state index >= 15 is 0 Å². The molecule has 5 atom stereocenters. The number of allylic oxidation sites excluding steroid dienone is 1. The number of fused-ring (bicyclic) bond motifs is 5. The van der Waals surface area contributed by atoms with Crippen LogP contribution < -0.4 is 20.1 Å². The molecular formula is C38H40N8O7S. The zero-order chi connectivity index (χ0) is 37.5. The summed E-state index contributed by atoms with van der Waals surface area (Å²) in [4.78, 5) is 74.6. The van der Waals surface area contributed by atoms with Crippen LogP contribution >= 0.6 is 0 Å². The predicted molar refractivity (Wildman–Crippen MR) is 196 cm³/mol. The molecule has 5 heterocycles. The highest BCUT2D eigenvalue weighted by atomic mass is 32.2. The number of hydrogen-bond donors (Lipinski definition) is 3. The number of nitrogens with zero attached hydrogens (tertiary/aromatic N) is 5. The maximum Gasteiger partial charge on any atom is 0.272 e. The molecule has 0 unspecified atom stereocenters. The number of nitrogens with one attached hydrogen (secondary N) is 3. The van der Waals surface area contributed by atoms with Crippen molar-refractivity contribution >= 4 is 55.5 Å². The normalized spacial score (nSPS) is 26.8. The van der Waals surface area contributed by atoms with Crippen molar-refractivity contribution in [3.05, 3.63) is 79.0 Å². The highest BCUT2D eigenvalue weighted by Gasteiger charge is 2.62. The lowest BCUT2D eigenvalue weighted by molar-refractivity contribution is -0.141. The zero-order valence-electron chi connectivity index (χ0n) is 29.4. The molecule has 280 valence electrons. The Morgan fingerprint density at radius 2 is 1.76 bits per heavy atom. The summed E-state index contributed by atoms with van der Waals surface area (Å²) in [6.07, 6.45) is 13.2. The number of hydrogen-bond acceptors (Lipinski definition) is 11. The van der Waals surface area contributed by atoms with Crippen molar-refractivity contribution < 1.29 is 32.3 Å². The number of benzene rings is 1. The first-order chi connectivity index (χ1) is 26.1. The number of rotatable bonds is 7. The van der Waals surface area contributed by atoms with Crippen molar-refractivity contribution in [2.45, 2.75) is 86.8 Å². The van der Waals surface area contributed by atoms with E-state index in [1.54, 1.807) is 6.20 Å². The van der Waals surface area contributed by atoms with Gasteiger partial charge in [0.1, 0.15) is 29.4 Å². The predicted octanol–water partition coefficient (Wildman–Crippen LogP) is 2.72. The molecule has 0 bridgehead atoms. The van der Waals surface area contributed by atoms with Crippen LogP contribution in [0.3, 0.4) is 0 Å². The van der Waals surface area contributed by atoms with Crippen molar-refractivity contribution in [2.24, 2.45) is 5.92 Å². The summed E-state index contributed by atoms with van der Waals surface area (Å²) in [7, 11) is -3.90. The molecule has 0 radical (unpaired) electrons. The second kappa shape index (κ2) is 14.4. The van der Waals surface area contributed by atoms with Gasteiger partial charge in [0.15, 0.2) is 5.65 Å². The Morgan fingerprint density at radius 3 is 2.56 bits per heavy atom. The molecule has 4 aromatic rings. The van der Waals surface area contributed by atoms with E-state index in [0.29, 0.717) is 43.6 Å². The van der Waals surface area contributed by atoms with E-state index in [0.717, 1.165) is 29.0 Å². The van der Waals surface area contributed by atoms with Crippen LogP contribution in [0.5, 0.6) is 5.88 Å². The van der Waals surface area contributed by atoms with Crippen LogP contribution in [-0.4, -0.2) is 92.4 Å². The van der Waals surface area contributed by atoms with E-state index < -0.39 is 68.5 Å². The smallest absolute Gasteiger partial charge is 0.272 e. The summed E-state index contributed by atoms with van der Waals surface area (Å²) in [5.41, 5.74) is -0.994. The largest absolute Gasteiger partial charge is 0.472 e. The molecule has 0 spiro atoms. The second-order valence-corrected chi connectivity index (χ2v) is 16.4. The Labute approximate surface area is 311 Å². The minimum Gasteiger partial charge on any atom is -0.472 e. The van der Waals surface area contributed by atoms with Gasteiger partial charge in [0.25, 0.3) is 11.8 Å². The first-order valence-corrected chi connectivity index (χ1v) is 19.9. The van der Waals surface area contributed by atoms with Crippen LogP contribution in [0.4, 0.5) is 0 Å². The monoisotopic (exact) mass is 752 g/mol. The number of amides is 4. The lowest BCUT2D eigenvalue weighted by Gasteiger charge is -2.29. The van der Waals surface area contributed by atoms with E-state index in [2.05, 4.69) is 30.3 Å². The van der Waals surface area contributed by atoms with Gasteiger partial charge in [-0.15, -0.1) is 0 Å². The van der Waals surface area contributed by atoms with Gasteiger partial charge >= 0.3 is 0 Å². The lowest BCUT2D eigenvalue weighted by atomic mass is 10.0. The zero-order valence-corrected chi connectivity index (χ0v) is 30.2. The van der Waals surface area contributed by atoms with Crippen LogP contribution in [0.1, 0.15) is 68.3 Å². The molecule has 3 aromatic heterocycles. The maximum atomic E-state index is 14.6. The third-order valence-electron chi connectivity index (χ3n) is 10.7. The van der Waals surface area contributed by atoms with Crippen molar-refractivity contribution in [1.82, 2.24) is 40.2 Å². The molecule has 4 amide bonds. The van der Waals surface area contributed by atoms with Gasteiger partial charge < -0.3 is 20.3 Å². The summed E-state index contributed by atoms with van der Waals surface area (Å²) < 4.78 is 34.4. The Kier molecular flexibility index (Phi) is 9.46. The number of sulfonamides is 1. The van der Waals surface area contributed by atoms with Gasteiger partial charge in [-0.05, 0) is 62.1 Å². The minimum atomic E-state index is -3.90. The molecule has 8 rings (SSSR count). The standard InChI is InChI=1S/C38H40N8O7S/c47-33(30-21-39-17-18-40-30)42-29-13-5-3-1-2-4-9-23-20-38(23,37(50)45-54(51,52)25-14-15-25)44-34(48)31-19-24(22-46(31)36(29)49)53-35-28-11-7-6-10-26(28)27-12-8-16-41-32(27)43-35/h4,6-12,16-18,21,23-25,29,31H,1-3,5,13-15,19-20,22H2,(H,42,47)(H,44,48)(H,45,50)/b9-4-/t23-,24-,29+,31+,38-/m1/s1. The van der Waals surface area contributed by atoms with Gasteiger partial charge in [-0.3, -0.25) is 28.9 Å². The lowest BCUT2D eigenvalue weighted by Crippen LogP contribution is -2.58. The topological polar surface area (TPSA) is 203 Å². The summed E-state index contributed by atoms with van der Waals surface area (Å²) in [5, 5.41) is 7.53. The highest BCUT2D eigenvalue weighted by molar-refractivity contribution is 7.91. The number of carbonyl (C=O) groups is 4. The molecule has 2 aliphatic heterocycles. The Morgan fingerprint density at radius 1 is 0.944 bits per heavy atom. The van der Waals surface area contributed by atoms with E-state index in [1.165, 1.54) is 23.5 Å². The van der Waals surface area contributed by atoms with Gasteiger partial charge in [0.2, 0.25) is 27.7 Å². The molecule has 3 N–H and O–H groups in total. The Bertz CT molecular complexity index is 2270. The van der Waals surface area contributed by atoms with E-state index in [1.807, 2.05) is 48.6 Å². The molecular weight excluding hydrogens is 713 g/mol. The van der Waals surface area contributed by atoms with Gasteiger partial charge in [-0.25, -0.2) is 18.4 Å². The molecule has 2 saturated carbocycles. The van der Waals surface area contributed by atoms with Crippen LogP contribution in [-0.2, 0) is 24.4 Å². The average molecular weight is 753 g/mol. The van der Waals surface area contributed by atoms with Gasteiger partial charge in [-0.2, -0.15) is 4.98 Å². The number of ether oxygens (including phenoxy) is 1. The van der Waals surface area contributed by atoms with Crippen LogP contribution in [0.15, 0.2) is 73.3 Å². The van der Waals surface area contributed by atoms with E-state index in [9.17, 15) is 27.6 Å². The van der Waals surface area contributed by atoms with Crippen molar-refractivity contribution in [1.29, 1.82) is 0 Å². The molecule has 4 aliphatic rings. The summed E-state index contributed by atoms with van der Waals surface area (Å²) in [5.74, 6) is -2.64. The number of aromatic nitrogens is 4. The number of carbonyl (C=O) groups excluding carboxylic acids is 4. The fourth-order valence-corrected chi connectivity index (χ4v) is 8.86. The molecule has 3 fully saturated rings. The second-order valence-electron chi connectivity index (χ2n) is 14.4. The summed E-state index contributed by atoms with van der Waals surface area (Å²) in [6.45, 7) is -0.0245. The van der Waals surface area contributed by atoms with E-state index in [-0.39, 0.29) is 25.1 Å². The fourth-order valence-electron chi connectivity index (χ4n) is 7.50. The van der Waals surface area contributed by atoms with Gasteiger partial charge in [0, 0.05) is 41.7 Å². The van der Waals surface area contributed by atoms with Crippen LogP contribution in [0.2, 0.25) is 0 Å². The SMILES string of the molecule is O=C(N[C@H]1CCCCC/C=C\[C@@H]2C[C@@]2(C(=O)NS(=O)(=O)C2CC2)NC(=O)[C@@H]2C[C@@H](Oc3nc4ncccc4c4ccccc34)CN2C1=O)c1cnccn1. The quantitative estimate of drug-likeness (QED) is 0.185. The van der Waals surface area contributed by atoms with Crippen molar-refractivity contribution in [2.75, 3.05) is 6.54 Å². The minimum absolute atomic E-state index is 0.0245. The Hall–Kier alpha value is -5.51. The number of pyridine rings is 2. The van der Waals surface area contributed by atoms with Crippen LogP contribution in [0.25, 0.3) is 21.8 Å². The van der Waals surface area contributed by atoms with E-state index in [4.69, 9.17) is 9.72 Å². The van der Waals surface area contributed by atoms with Gasteiger partial charge in [-0.1, -0.05) is 43.2 Å². The molecule has 1 saturated heterocycles. The van der Waals surface area contributed by atoms with Crippen molar-refractivity contribution in [3.63, 3.8) is 0 Å². The molecule has 2 aliphatic carbocycles. The molecule has 1 aromatic carbocycles. The summed E-state index contributed by atoms with van der Waals surface area (Å²) >= 11 is 0. The summed E-state index contributed by atoms with van der Waals surface area (Å²) in [6, 6.07) is 9.23. The highest BCUT2D eigenvalue weighted by Crippen LogP contribution is 2.46. The molecule has 16 heteroatoms. The van der Waals surface area contributed by atoms with Gasteiger partial charge in [0.05, 0.1) is 18.0 Å². The molecule has 15 nitrogen and oxygen atoms in total. The Balaban J connectivity index is 1.12. The molecule has 54 heavy (non-hydrogen) atoms. The third-order valence-corrected chi connectivity index (χ3v) is 12.5. The maximum absolute atomic E-state index is 14.6. The average Bonchev–Trinajstić information content (AvgIpc) is 4.11. The first-order valence-electron chi connectivity index (χ1n) is 18.4. The first kappa shape index (κ1) is 35.5. The van der Waals surface area contributed by atoms with Crippen molar-refractivity contribution in [3.8, 4) is 5.88 Å². The van der Waals surface area contributed by atoms with Crippen LogP contribution in [0, 0.1) is 5.92 Å². The fraction of sp³-hybridized carbons (Fsp3) is 0.421. The third kappa shape index (κ3) is 7.09.